The number of nitrogens with one attached hydrogen (secondary N) is 1. The average Bonchev–Trinajstić information content (AvgIpc) is 3.19. The van der Waals surface area contributed by atoms with Gasteiger partial charge in [-0.05, 0) is 36.1 Å². The van der Waals surface area contributed by atoms with Crippen LogP contribution in [0, 0.1) is 6.92 Å². The maximum atomic E-state index is 12.4. The molecule has 0 aliphatic rings. The molecule has 0 saturated carbocycles. The number of amides is 1. The molecule has 2 aromatic heterocycles. The lowest BCUT2D eigenvalue weighted by molar-refractivity contribution is -0.115. The van der Waals surface area contributed by atoms with Crippen molar-refractivity contribution in [1.82, 2.24) is 4.98 Å². The SMILES string of the molecule is Cc1cccc(C(C)C)c1NC(=O)Cc1csc(-c2ccco2)n1. The van der Waals surface area contributed by atoms with Crippen LogP contribution in [-0.4, -0.2) is 10.9 Å². The van der Waals surface area contributed by atoms with Gasteiger partial charge in [0.25, 0.3) is 0 Å². The van der Waals surface area contributed by atoms with E-state index in [0.717, 1.165) is 33.3 Å². The van der Waals surface area contributed by atoms with Gasteiger partial charge < -0.3 is 9.73 Å². The van der Waals surface area contributed by atoms with Gasteiger partial charge in [-0.2, -0.15) is 0 Å². The second-order valence-electron chi connectivity index (χ2n) is 6.04. The summed E-state index contributed by atoms with van der Waals surface area (Å²) < 4.78 is 5.34. The summed E-state index contributed by atoms with van der Waals surface area (Å²) >= 11 is 1.48. The van der Waals surface area contributed by atoms with E-state index in [1.54, 1.807) is 6.26 Å². The van der Waals surface area contributed by atoms with Crippen LogP contribution in [0.4, 0.5) is 5.69 Å². The maximum Gasteiger partial charge on any atom is 0.230 e. The number of carbonyl (C=O) groups is 1. The fraction of sp³-hybridized carbons (Fsp3) is 0.263. The number of furan rings is 1. The van der Waals surface area contributed by atoms with E-state index in [4.69, 9.17) is 4.42 Å². The number of nitrogens with zero attached hydrogens (tertiary/aromatic N) is 1. The molecule has 124 valence electrons. The summed E-state index contributed by atoms with van der Waals surface area (Å²) in [6.45, 7) is 6.26. The van der Waals surface area contributed by atoms with Gasteiger partial charge in [-0.3, -0.25) is 4.79 Å². The summed E-state index contributed by atoms with van der Waals surface area (Å²) in [6, 6.07) is 9.79. The summed E-state index contributed by atoms with van der Waals surface area (Å²) in [7, 11) is 0. The standard InChI is InChI=1S/C19H20N2O2S/c1-12(2)15-7-4-6-13(3)18(15)21-17(22)10-14-11-24-19(20-14)16-8-5-9-23-16/h4-9,11-12H,10H2,1-3H3,(H,21,22). The first-order valence-corrected chi connectivity index (χ1v) is 8.80. The van der Waals surface area contributed by atoms with E-state index in [1.807, 2.05) is 36.6 Å². The van der Waals surface area contributed by atoms with Crippen LogP contribution in [0.3, 0.4) is 0 Å². The molecule has 0 radical (unpaired) electrons. The molecule has 0 unspecified atom stereocenters. The molecule has 4 nitrogen and oxygen atoms in total. The fourth-order valence-corrected chi connectivity index (χ4v) is 3.38. The van der Waals surface area contributed by atoms with Gasteiger partial charge in [0.15, 0.2) is 10.8 Å². The number of hydrogen-bond acceptors (Lipinski definition) is 4. The predicted octanol–water partition coefficient (Wildman–Crippen LogP) is 5.02. The van der Waals surface area contributed by atoms with Crippen molar-refractivity contribution in [3.05, 3.63) is 58.8 Å². The zero-order valence-corrected chi connectivity index (χ0v) is 14.8. The highest BCUT2D eigenvalue weighted by atomic mass is 32.1. The van der Waals surface area contributed by atoms with Gasteiger partial charge in [0, 0.05) is 11.1 Å². The number of rotatable bonds is 5. The Labute approximate surface area is 145 Å². The molecule has 0 aliphatic heterocycles. The number of benzene rings is 1. The molecule has 24 heavy (non-hydrogen) atoms. The zero-order valence-electron chi connectivity index (χ0n) is 14.0. The van der Waals surface area contributed by atoms with E-state index >= 15 is 0 Å². The summed E-state index contributed by atoms with van der Waals surface area (Å²) in [4.78, 5) is 16.9. The van der Waals surface area contributed by atoms with E-state index in [2.05, 4.69) is 30.2 Å². The monoisotopic (exact) mass is 340 g/mol. The Bertz CT molecular complexity index is 835. The predicted molar refractivity (Wildman–Crippen MR) is 97.4 cm³/mol. The Kier molecular flexibility index (Phi) is 4.81. The first-order valence-electron chi connectivity index (χ1n) is 7.92. The fourth-order valence-electron chi connectivity index (χ4n) is 2.59. The van der Waals surface area contributed by atoms with Crippen molar-refractivity contribution >= 4 is 22.9 Å². The Morgan fingerprint density at radius 2 is 2.12 bits per heavy atom. The van der Waals surface area contributed by atoms with Crippen molar-refractivity contribution in [3.8, 4) is 10.8 Å². The Morgan fingerprint density at radius 3 is 2.83 bits per heavy atom. The quantitative estimate of drug-likeness (QED) is 0.710. The second kappa shape index (κ2) is 7.01. The Balaban J connectivity index is 1.73. The van der Waals surface area contributed by atoms with Crippen molar-refractivity contribution in [2.75, 3.05) is 5.32 Å². The summed E-state index contributed by atoms with van der Waals surface area (Å²) in [5, 5.41) is 5.75. The molecule has 1 amide bonds. The van der Waals surface area contributed by atoms with Crippen LogP contribution >= 0.6 is 11.3 Å². The van der Waals surface area contributed by atoms with Crippen molar-refractivity contribution < 1.29 is 9.21 Å². The molecule has 0 aliphatic carbocycles. The van der Waals surface area contributed by atoms with Gasteiger partial charge in [-0.25, -0.2) is 4.98 Å². The van der Waals surface area contributed by atoms with Gasteiger partial charge in [0.05, 0.1) is 18.4 Å². The number of para-hydroxylation sites is 1. The molecule has 0 bridgehead atoms. The Hall–Kier alpha value is -2.40. The first-order chi connectivity index (χ1) is 11.5. The molecule has 0 saturated heterocycles. The number of hydrogen-bond donors (Lipinski definition) is 1. The summed E-state index contributed by atoms with van der Waals surface area (Å²) in [6.07, 6.45) is 1.87. The van der Waals surface area contributed by atoms with E-state index in [-0.39, 0.29) is 12.3 Å². The normalized spacial score (nSPS) is 11.0. The van der Waals surface area contributed by atoms with Crippen LogP contribution in [0.25, 0.3) is 10.8 Å². The zero-order chi connectivity index (χ0) is 17.1. The molecule has 0 spiro atoms. The van der Waals surface area contributed by atoms with Crippen molar-refractivity contribution in [1.29, 1.82) is 0 Å². The van der Waals surface area contributed by atoms with Gasteiger partial charge >= 0.3 is 0 Å². The van der Waals surface area contributed by atoms with Gasteiger partial charge in [-0.15, -0.1) is 11.3 Å². The number of thiazole rings is 1. The highest BCUT2D eigenvalue weighted by molar-refractivity contribution is 7.13. The molecule has 3 rings (SSSR count). The lowest BCUT2D eigenvalue weighted by atomic mass is 9.98. The number of carbonyl (C=O) groups excluding carboxylic acids is 1. The molecule has 0 fully saturated rings. The largest absolute Gasteiger partial charge is 0.462 e. The molecular weight excluding hydrogens is 320 g/mol. The lowest BCUT2D eigenvalue weighted by Gasteiger charge is -2.16. The summed E-state index contributed by atoms with van der Waals surface area (Å²) in [5.74, 6) is 1.03. The van der Waals surface area contributed by atoms with Gasteiger partial charge in [0.2, 0.25) is 5.91 Å². The van der Waals surface area contributed by atoms with Crippen LogP contribution in [0.1, 0.15) is 36.6 Å². The van der Waals surface area contributed by atoms with Crippen molar-refractivity contribution in [2.24, 2.45) is 0 Å². The third kappa shape index (κ3) is 3.57. The van der Waals surface area contributed by atoms with Crippen molar-refractivity contribution in [3.63, 3.8) is 0 Å². The highest BCUT2D eigenvalue weighted by Crippen LogP contribution is 2.28. The molecule has 0 atom stereocenters. The first kappa shape index (κ1) is 16.5. The van der Waals surface area contributed by atoms with Crippen LogP contribution in [0.15, 0.2) is 46.4 Å². The number of aromatic nitrogens is 1. The van der Waals surface area contributed by atoms with Crippen molar-refractivity contribution in [2.45, 2.75) is 33.1 Å². The van der Waals surface area contributed by atoms with E-state index in [9.17, 15) is 4.79 Å². The van der Waals surface area contributed by atoms with Crippen LogP contribution in [-0.2, 0) is 11.2 Å². The maximum absolute atomic E-state index is 12.4. The van der Waals surface area contributed by atoms with Crippen LogP contribution in [0.2, 0.25) is 0 Å². The second-order valence-corrected chi connectivity index (χ2v) is 6.90. The minimum absolute atomic E-state index is 0.0532. The minimum Gasteiger partial charge on any atom is -0.462 e. The number of aryl methyl sites for hydroxylation is 1. The minimum atomic E-state index is -0.0532. The third-order valence-electron chi connectivity index (χ3n) is 3.82. The van der Waals surface area contributed by atoms with Gasteiger partial charge in [-0.1, -0.05) is 32.0 Å². The Morgan fingerprint density at radius 1 is 1.29 bits per heavy atom. The molecular formula is C19H20N2O2S. The number of anilines is 1. The molecule has 3 aromatic rings. The smallest absolute Gasteiger partial charge is 0.230 e. The van der Waals surface area contributed by atoms with Crippen LogP contribution < -0.4 is 5.32 Å². The topological polar surface area (TPSA) is 55.1 Å². The molecule has 5 heteroatoms. The van der Waals surface area contributed by atoms with E-state index < -0.39 is 0 Å². The third-order valence-corrected chi connectivity index (χ3v) is 4.72. The van der Waals surface area contributed by atoms with Crippen LogP contribution in [0.5, 0.6) is 0 Å². The molecule has 1 aromatic carbocycles. The van der Waals surface area contributed by atoms with E-state index in [0.29, 0.717) is 5.92 Å². The van der Waals surface area contributed by atoms with E-state index in [1.165, 1.54) is 11.3 Å². The lowest BCUT2D eigenvalue weighted by Crippen LogP contribution is -2.17. The van der Waals surface area contributed by atoms with Gasteiger partial charge in [0.1, 0.15) is 0 Å². The summed E-state index contributed by atoms with van der Waals surface area (Å²) in [5.41, 5.74) is 3.89. The average molecular weight is 340 g/mol. The molecule has 2 heterocycles. The highest BCUT2D eigenvalue weighted by Gasteiger charge is 2.14. The molecule has 1 N–H and O–H groups in total.